The summed E-state index contributed by atoms with van der Waals surface area (Å²) in [5.74, 6) is -0.343. The standard InChI is InChI=1S/C29H28N2O3S/c1-21-17-19-23(20-18-21)35(32,33)31(22-11-5-4-6-12-22)29(34-3)28-24-13-7-9-15-26(24)30(2)27-16-10-8-14-25(27)28/h4-20,28-29H,1-3H3. The molecule has 0 bridgehead atoms. The Kier molecular flexibility index (Phi) is 6.09. The third-order valence-electron chi connectivity index (χ3n) is 6.61. The highest BCUT2D eigenvalue weighted by Crippen LogP contribution is 2.48. The van der Waals surface area contributed by atoms with Crippen LogP contribution >= 0.6 is 0 Å². The maximum absolute atomic E-state index is 14.2. The highest BCUT2D eigenvalue weighted by Gasteiger charge is 2.42. The quantitative estimate of drug-likeness (QED) is 0.312. The van der Waals surface area contributed by atoms with Crippen molar-refractivity contribution in [3.63, 3.8) is 0 Å². The zero-order chi connectivity index (χ0) is 24.6. The van der Waals surface area contributed by atoms with Crippen molar-refractivity contribution in [3.05, 3.63) is 120 Å². The lowest BCUT2D eigenvalue weighted by Crippen LogP contribution is -2.46. The fraction of sp³-hybridized carbons (Fsp3) is 0.172. The largest absolute Gasteiger partial charge is 0.360 e. The number of benzene rings is 4. The molecular formula is C29H28N2O3S. The van der Waals surface area contributed by atoms with Crippen molar-refractivity contribution in [1.29, 1.82) is 0 Å². The lowest BCUT2D eigenvalue weighted by Gasteiger charge is -2.42. The summed E-state index contributed by atoms with van der Waals surface area (Å²) in [7, 11) is -0.342. The van der Waals surface area contributed by atoms with Gasteiger partial charge in [0.2, 0.25) is 0 Å². The van der Waals surface area contributed by atoms with Crippen LogP contribution in [0.1, 0.15) is 22.6 Å². The number of ether oxygens (including phenoxy) is 1. The van der Waals surface area contributed by atoms with Crippen molar-refractivity contribution in [2.75, 3.05) is 23.4 Å². The predicted octanol–water partition coefficient (Wildman–Crippen LogP) is 6.08. The van der Waals surface area contributed by atoms with E-state index in [0.717, 1.165) is 28.1 Å². The first kappa shape index (κ1) is 23.1. The normalized spacial score (nSPS) is 14.2. The van der Waals surface area contributed by atoms with E-state index in [1.54, 1.807) is 19.2 Å². The first-order valence-corrected chi connectivity index (χ1v) is 13.0. The van der Waals surface area contributed by atoms with Crippen LogP contribution in [0, 0.1) is 6.92 Å². The molecular weight excluding hydrogens is 456 g/mol. The number of sulfonamides is 1. The molecule has 1 unspecified atom stereocenters. The van der Waals surface area contributed by atoms with Gasteiger partial charge in [0.1, 0.15) is 0 Å². The van der Waals surface area contributed by atoms with Gasteiger partial charge in [-0.25, -0.2) is 12.7 Å². The third-order valence-corrected chi connectivity index (χ3v) is 8.42. The number of para-hydroxylation sites is 3. The van der Waals surface area contributed by atoms with Crippen LogP contribution in [0.3, 0.4) is 0 Å². The molecule has 0 saturated heterocycles. The zero-order valence-corrected chi connectivity index (χ0v) is 20.8. The number of fused-ring (bicyclic) bond motifs is 2. The Morgan fingerprint density at radius 3 is 1.83 bits per heavy atom. The van der Waals surface area contributed by atoms with Crippen molar-refractivity contribution < 1.29 is 13.2 Å². The molecule has 0 saturated carbocycles. The van der Waals surface area contributed by atoms with Crippen LogP contribution in [0.25, 0.3) is 0 Å². The van der Waals surface area contributed by atoms with E-state index >= 15 is 0 Å². The minimum Gasteiger partial charge on any atom is -0.360 e. The second kappa shape index (κ2) is 9.21. The maximum atomic E-state index is 14.2. The van der Waals surface area contributed by atoms with Gasteiger partial charge in [0.15, 0.2) is 6.23 Å². The van der Waals surface area contributed by atoms with Crippen molar-refractivity contribution >= 4 is 27.1 Å². The van der Waals surface area contributed by atoms with Crippen LogP contribution < -0.4 is 9.21 Å². The molecule has 6 heteroatoms. The van der Waals surface area contributed by atoms with E-state index in [2.05, 4.69) is 29.2 Å². The van der Waals surface area contributed by atoms with Gasteiger partial charge < -0.3 is 9.64 Å². The SMILES string of the molecule is COC(C1c2ccccc2N(C)c2ccccc21)N(c1ccccc1)S(=O)(=O)c1ccc(C)cc1. The number of hydrogen-bond donors (Lipinski definition) is 0. The van der Waals surface area contributed by atoms with Gasteiger partial charge in [-0.15, -0.1) is 0 Å². The van der Waals surface area contributed by atoms with E-state index in [0.29, 0.717) is 5.69 Å². The summed E-state index contributed by atoms with van der Waals surface area (Å²) in [6.45, 7) is 1.94. The molecule has 5 rings (SSSR count). The molecule has 1 aliphatic rings. The van der Waals surface area contributed by atoms with Crippen molar-refractivity contribution in [3.8, 4) is 0 Å². The molecule has 0 aliphatic carbocycles. The fourth-order valence-corrected chi connectivity index (χ4v) is 6.49. The lowest BCUT2D eigenvalue weighted by atomic mass is 9.83. The molecule has 4 aromatic rings. The smallest absolute Gasteiger partial charge is 0.266 e. The topological polar surface area (TPSA) is 49.9 Å². The molecule has 0 radical (unpaired) electrons. The predicted molar refractivity (Wildman–Crippen MR) is 141 cm³/mol. The van der Waals surface area contributed by atoms with Gasteiger partial charge in [0, 0.05) is 25.5 Å². The molecule has 0 aromatic heterocycles. The molecule has 4 aromatic carbocycles. The first-order chi connectivity index (χ1) is 16.9. The van der Waals surface area contributed by atoms with E-state index in [-0.39, 0.29) is 10.8 Å². The Bertz CT molecular complexity index is 1390. The van der Waals surface area contributed by atoms with Crippen LogP contribution in [0.2, 0.25) is 0 Å². The molecule has 0 spiro atoms. The average molecular weight is 485 g/mol. The first-order valence-electron chi connectivity index (χ1n) is 11.5. The van der Waals surface area contributed by atoms with Crippen molar-refractivity contribution in [2.45, 2.75) is 24.0 Å². The fourth-order valence-electron chi connectivity index (χ4n) is 4.90. The Balaban J connectivity index is 1.75. The van der Waals surface area contributed by atoms with Crippen molar-refractivity contribution in [2.24, 2.45) is 0 Å². The number of aryl methyl sites for hydroxylation is 1. The molecule has 0 amide bonds. The van der Waals surface area contributed by atoms with E-state index < -0.39 is 16.3 Å². The van der Waals surface area contributed by atoms with Crippen LogP contribution in [0.4, 0.5) is 17.1 Å². The molecule has 178 valence electrons. The Labute approximate surface area is 207 Å². The number of hydrogen-bond acceptors (Lipinski definition) is 4. The van der Waals surface area contributed by atoms with E-state index in [4.69, 9.17) is 4.74 Å². The molecule has 5 nitrogen and oxygen atoms in total. The summed E-state index contributed by atoms with van der Waals surface area (Å²) in [6, 6.07) is 32.3. The summed E-state index contributed by atoms with van der Waals surface area (Å²) in [6.07, 6.45) is -0.820. The van der Waals surface area contributed by atoms with E-state index in [9.17, 15) is 8.42 Å². The summed E-state index contributed by atoms with van der Waals surface area (Å²) >= 11 is 0. The second-order valence-corrected chi connectivity index (χ2v) is 10.5. The van der Waals surface area contributed by atoms with E-state index in [1.165, 1.54) is 4.31 Å². The molecule has 35 heavy (non-hydrogen) atoms. The van der Waals surface area contributed by atoms with Gasteiger partial charge in [0.25, 0.3) is 10.0 Å². The maximum Gasteiger partial charge on any atom is 0.266 e. The van der Waals surface area contributed by atoms with Crippen LogP contribution in [0.15, 0.2) is 108 Å². The Morgan fingerprint density at radius 2 is 1.29 bits per heavy atom. The van der Waals surface area contributed by atoms with Gasteiger partial charge in [-0.1, -0.05) is 72.3 Å². The summed E-state index contributed by atoms with van der Waals surface area (Å²) < 4.78 is 36.0. The molecule has 0 N–H and O–H groups in total. The van der Waals surface area contributed by atoms with Crippen molar-refractivity contribution in [1.82, 2.24) is 0 Å². The van der Waals surface area contributed by atoms with E-state index in [1.807, 2.05) is 80.7 Å². The molecule has 1 aliphatic heterocycles. The van der Waals surface area contributed by atoms with Gasteiger partial charge in [-0.05, 0) is 54.4 Å². The van der Waals surface area contributed by atoms with Gasteiger partial charge in [-0.3, -0.25) is 0 Å². The Morgan fingerprint density at radius 1 is 0.771 bits per heavy atom. The van der Waals surface area contributed by atoms with Crippen LogP contribution in [-0.2, 0) is 14.8 Å². The lowest BCUT2D eigenvalue weighted by molar-refractivity contribution is 0.0982. The van der Waals surface area contributed by atoms with Gasteiger partial charge in [0.05, 0.1) is 16.5 Å². The number of nitrogens with zero attached hydrogens (tertiary/aromatic N) is 2. The monoisotopic (exact) mass is 484 g/mol. The Hall–Kier alpha value is -3.61. The van der Waals surface area contributed by atoms with Gasteiger partial charge >= 0.3 is 0 Å². The molecule has 1 heterocycles. The summed E-state index contributed by atoms with van der Waals surface area (Å²) in [5, 5.41) is 0. The second-order valence-electron chi connectivity index (χ2n) is 8.73. The highest BCUT2D eigenvalue weighted by atomic mass is 32.2. The number of rotatable bonds is 6. The zero-order valence-electron chi connectivity index (χ0n) is 20.0. The number of anilines is 3. The minimum atomic E-state index is -3.96. The third kappa shape index (κ3) is 3.99. The molecule has 1 atom stereocenters. The molecule has 0 fully saturated rings. The highest BCUT2D eigenvalue weighted by molar-refractivity contribution is 7.92. The minimum absolute atomic E-state index is 0.225. The van der Waals surface area contributed by atoms with Crippen LogP contribution in [-0.4, -0.2) is 28.8 Å². The van der Waals surface area contributed by atoms with Gasteiger partial charge in [-0.2, -0.15) is 0 Å². The number of methoxy groups -OCH3 is 1. The van der Waals surface area contributed by atoms with Crippen LogP contribution in [0.5, 0.6) is 0 Å². The summed E-state index contributed by atoms with van der Waals surface area (Å²) in [4.78, 5) is 2.37. The summed E-state index contributed by atoms with van der Waals surface area (Å²) in [5.41, 5.74) is 5.63. The average Bonchev–Trinajstić information content (AvgIpc) is 2.89.